The van der Waals surface area contributed by atoms with E-state index in [1.165, 1.54) is 6.07 Å². The molecule has 1 aliphatic rings. The highest BCUT2D eigenvalue weighted by atomic mass is 32.2. The van der Waals surface area contributed by atoms with Gasteiger partial charge in [0.15, 0.2) is 0 Å². The minimum Gasteiger partial charge on any atom is -0.381 e. The van der Waals surface area contributed by atoms with Crippen molar-refractivity contribution in [2.24, 2.45) is 5.92 Å². The largest absolute Gasteiger partial charge is 0.381 e. The van der Waals surface area contributed by atoms with Gasteiger partial charge in [-0.3, -0.25) is 4.18 Å². The molecule has 0 aliphatic carbocycles. The number of benzene rings is 1. The van der Waals surface area contributed by atoms with E-state index in [0.29, 0.717) is 31.6 Å². The maximum atomic E-state index is 13.9. The minimum atomic E-state index is -3.65. The number of halogens is 1. The molecular weight excluding hydrogens is 271 g/mol. The van der Waals surface area contributed by atoms with Crippen LogP contribution in [0, 0.1) is 11.7 Å². The Bertz CT molecular complexity index is 523. The highest BCUT2D eigenvalue weighted by Gasteiger charge is 2.31. The average molecular weight is 288 g/mol. The lowest BCUT2D eigenvalue weighted by Gasteiger charge is -2.29. The van der Waals surface area contributed by atoms with Crippen LogP contribution in [0.4, 0.5) is 4.39 Å². The SMILES string of the molecule is CS(=O)(=O)OC(c1ccccc1F)C1CCOCC1. The summed E-state index contributed by atoms with van der Waals surface area (Å²) in [5.41, 5.74) is 0.292. The van der Waals surface area contributed by atoms with Gasteiger partial charge >= 0.3 is 0 Å². The van der Waals surface area contributed by atoms with Gasteiger partial charge in [0, 0.05) is 18.8 Å². The fourth-order valence-electron chi connectivity index (χ4n) is 2.30. The van der Waals surface area contributed by atoms with Gasteiger partial charge in [0.2, 0.25) is 0 Å². The second kappa shape index (κ2) is 5.98. The Labute approximate surface area is 112 Å². The molecule has 1 aliphatic heterocycles. The van der Waals surface area contributed by atoms with Crippen LogP contribution in [0.5, 0.6) is 0 Å². The van der Waals surface area contributed by atoms with Gasteiger partial charge in [0.1, 0.15) is 11.9 Å². The molecule has 0 aromatic heterocycles. The Hall–Kier alpha value is -0.980. The molecule has 1 saturated heterocycles. The predicted octanol–water partition coefficient (Wildman–Crippen LogP) is 2.27. The summed E-state index contributed by atoms with van der Waals surface area (Å²) >= 11 is 0. The zero-order valence-electron chi connectivity index (χ0n) is 10.7. The lowest BCUT2D eigenvalue weighted by Crippen LogP contribution is -2.26. The van der Waals surface area contributed by atoms with E-state index in [4.69, 9.17) is 8.92 Å². The predicted molar refractivity (Wildman–Crippen MR) is 68.6 cm³/mol. The molecule has 19 heavy (non-hydrogen) atoms. The number of hydrogen-bond acceptors (Lipinski definition) is 4. The van der Waals surface area contributed by atoms with E-state index in [-0.39, 0.29) is 5.92 Å². The smallest absolute Gasteiger partial charge is 0.264 e. The maximum absolute atomic E-state index is 13.9. The molecule has 4 nitrogen and oxygen atoms in total. The molecule has 0 radical (unpaired) electrons. The highest BCUT2D eigenvalue weighted by molar-refractivity contribution is 7.86. The maximum Gasteiger partial charge on any atom is 0.264 e. The van der Waals surface area contributed by atoms with E-state index in [9.17, 15) is 12.8 Å². The molecule has 1 heterocycles. The first kappa shape index (κ1) is 14.4. The van der Waals surface area contributed by atoms with Gasteiger partial charge in [0.05, 0.1) is 6.26 Å². The van der Waals surface area contributed by atoms with Crippen LogP contribution in [0.3, 0.4) is 0 Å². The molecule has 1 unspecified atom stereocenters. The summed E-state index contributed by atoms with van der Waals surface area (Å²) < 4.78 is 47.0. The van der Waals surface area contributed by atoms with Crippen molar-refractivity contribution in [2.45, 2.75) is 18.9 Å². The number of ether oxygens (including phenoxy) is 1. The van der Waals surface area contributed by atoms with Crippen molar-refractivity contribution in [3.8, 4) is 0 Å². The molecular formula is C13H17FO4S. The van der Waals surface area contributed by atoms with E-state index in [1.807, 2.05) is 0 Å². The summed E-state index contributed by atoms with van der Waals surface area (Å²) in [5.74, 6) is -0.497. The third-order valence-corrected chi connectivity index (χ3v) is 3.74. The van der Waals surface area contributed by atoms with Crippen LogP contribution in [0.25, 0.3) is 0 Å². The van der Waals surface area contributed by atoms with Gasteiger partial charge in [-0.2, -0.15) is 8.42 Å². The second-order valence-corrected chi connectivity index (χ2v) is 6.29. The Morgan fingerprint density at radius 1 is 1.32 bits per heavy atom. The van der Waals surface area contributed by atoms with Crippen LogP contribution in [-0.2, 0) is 19.0 Å². The molecule has 0 saturated carbocycles. The van der Waals surface area contributed by atoms with Gasteiger partial charge < -0.3 is 4.74 Å². The monoisotopic (exact) mass is 288 g/mol. The van der Waals surface area contributed by atoms with Crippen LogP contribution in [0.15, 0.2) is 24.3 Å². The molecule has 1 fully saturated rings. The summed E-state index contributed by atoms with van der Waals surface area (Å²) in [6.07, 6.45) is 1.53. The first-order valence-corrected chi connectivity index (χ1v) is 7.99. The zero-order valence-corrected chi connectivity index (χ0v) is 11.5. The summed E-state index contributed by atoms with van der Waals surface area (Å²) in [5, 5.41) is 0. The molecule has 106 valence electrons. The molecule has 0 N–H and O–H groups in total. The van der Waals surface area contributed by atoms with Crippen molar-refractivity contribution in [1.82, 2.24) is 0 Å². The first-order valence-electron chi connectivity index (χ1n) is 6.18. The lowest BCUT2D eigenvalue weighted by atomic mass is 9.89. The van der Waals surface area contributed by atoms with Gasteiger partial charge in [-0.25, -0.2) is 4.39 Å². The summed E-state index contributed by atoms with van der Waals surface area (Å²) in [6.45, 7) is 1.09. The quantitative estimate of drug-likeness (QED) is 0.798. The Kier molecular flexibility index (Phi) is 4.54. The fourth-order valence-corrected chi connectivity index (χ4v) is 2.93. The Balaban J connectivity index is 2.30. The lowest BCUT2D eigenvalue weighted by molar-refractivity contribution is 0.0185. The van der Waals surface area contributed by atoms with Crippen molar-refractivity contribution in [2.75, 3.05) is 19.5 Å². The van der Waals surface area contributed by atoms with Crippen molar-refractivity contribution in [3.63, 3.8) is 0 Å². The van der Waals surface area contributed by atoms with E-state index in [1.54, 1.807) is 18.2 Å². The van der Waals surface area contributed by atoms with Crippen molar-refractivity contribution in [1.29, 1.82) is 0 Å². The average Bonchev–Trinajstić information content (AvgIpc) is 2.37. The van der Waals surface area contributed by atoms with Gasteiger partial charge in [-0.05, 0) is 24.8 Å². The normalized spacial score (nSPS) is 19.3. The van der Waals surface area contributed by atoms with Crippen LogP contribution < -0.4 is 0 Å². The van der Waals surface area contributed by atoms with E-state index in [0.717, 1.165) is 6.26 Å². The van der Waals surface area contributed by atoms with Crippen molar-refractivity contribution >= 4 is 10.1 Å². The molecule has 0 amide bonds. The van der Waals surface area contributed by atoms with Crippen molar-refractivity contribution in [3.05, 3.63) is 35.6 Å². The first-order chi connectivity index (χ1) is 8.97. The molecule has 0 spiro atoms. The second-order valence-electron chi connectivity index (χ2n) is 4.69. The molecule has 2 rings (SSSR count). The topological polar surface area (TPSA) is 52.6 Å². The van der Waals surface area contributed by atoms with Gasteiger partial charge in [-0.15, -0.1) is 0 Å². The van der Waals surface area contributed by atoms with Gasteiger partial charge in [-0.1, -0.05) is 18.2 Å². The van der Waals surface area contributed by atoms with Crippen LogP contribution >= 0.6 is 0 Å². The Morgan fingerprint density at radius 2 is 1.95 bits per heavy atom. The van der Waals surface area contributed by atoms with E-state index < -0.39 is 22.0 Å². The third kappa shape index (κ3) is 3.99. The van der Waals surface area contributed by atoms with Gasteiger partial charge in [0.25, 0.3) is 10.1 Å². The van der Waals surface area contributed by atoms with Crippen LogP contribution in [-0.4, -0.2) is 27.9 Å². The van der Waals surface area contributed by atoms with Crippen molar-refractivity contribution < 1.29 is 21.7 Å². The van der Waals surface area contributed by atoms with E-state index in [2.05, 4.69) is 0 Å². The third-order valence-electron chi connectivity index (χ3n) is 3.18. The summed E-state index contributed by atoms with van der Waals surface area (Å²) in [6, 6.07) is 6.13. The molecule has 6 heteroatoms. The summed E-state index contributed by atoms with van der Waals surface area (Å²) in [7, 11) is -3.65. The molecule has 1 atom stereocenters. The highest BCUT2D eigenvalue weighted by Crippen LogP contribution is 2.35. The van der Waals surface area contributed by atoms with E-state index >= 15 is 0 Å². The zero-order chi connectivity index (χ0) is 13.9. The standard InChI is InChI=1S/C13H17FO4S/c1-19(15,16)18-13(10-6-8-17-9-7-10)11-4-2-3-5-12(11)14/h2-5,10,13H,6-9H2,1H3. The summed E-state index contributed by atoms with van der Waals surface area (Å²) in [4.78, 5) is 0. The minimum absolute atomic E-state index is 0.0552. The molecule has 1 aromatic carbocycles. The fraction of sp³-hybridized carbons (Fsp3) is 0.538. The van der Waals surface area contributed by atoms with Crippen LogP contribution in [0.1, 0.15) is 24.5 Å². The number of rotatable bonds is 4. The molecule has 0 bridgehead atoms. The Morgan fingerprint density at radius 3 is 2.53 bits per heavy atom. The number of hydrogen-bond donors (Lipinski definition) is 0. The molecule has 1 aromatic rings. The van der Waals surface area contributed by atoms with Crippen LogP contribution in [0.2, 0.25) is 0 Å².